The Morgan fingerprint density at radius 2 is 1.87 bits per heavy atom. The molecule has 1 aromatic rings. The fourth-order valence-corrected chi connectivity index (χ4v) is 4.02. The summed E-state index contributed by atoms with van der Waals surface area (Å²) in [5.41, 5.74) is 0. The first-order valence-corrected chi connectivity index (χ1v) is 10.3. The fourth-order valence-electron chi connectivity index (χ4n) is 3.58. The zero-order valence-corrected chi connectivity index (χ0v) is 14.8. The molecule has 3 rings (SSSR count). The van der Waals surface area contributed by atoms with E-state index in [9.17, 15) is 4.79 Å². The summed E-state index contributed by atoms with van der Waals surface area (Å²) in [4.78, 5) is 12.3. The van der Waals surface area contributed by atoms with Crippen molar-refractivity contribution in [2.75, 3.05) is 6.26 Å². The SMILES string of the molecule is CSCc1ccc(C(=O)N[C@@H]2CC[C@@H]2NC2CCCCCC2)o1. The van der Waals surface area contributed by atoms with Gasteiger partial charge in [0.2, 0.25) is 0 Å². The molecule has 2 fully saturated rings. The van der Waals surface area contributed by atoms with Crippen molar-refractivity contribution in [3.8, 4) is 0 Å². The molecule has 0 aliphatic heterocycles. The molecule has 2 saturated carbocycles. The van der Waals surface area contributed by atoms with Crippen LogP contribution in [0.5, 0.6) is 0 Å². The average molecular weight is 337 g/mol. The van der Waals surface area contributed by atoms with Crippen LogP contribution in [0.25, 0.3) is 0 Å². The zero-order valence-electron chi connectivity index (χ0n) is 14.0. The maximum Gasteiger partial charge on any atom is 0.287 e. The van der Waals surface area contributed by atoms with Crippen LogP contribution >= 0.6 is 11.8 Å². The van der Waals surface area contributed by atoms with Crippen molar-refractivity contribution in [3.05, 3.63) is 23.7 Å². The van der Waals surface area contributed by atoms with Crippen LogP contribution in [-0.2, 0) is 5.75 Å². The van der Waals surface area contributed by atoms with E-state index in [0.29, 0.717) is 17.8 Å². The van der Waals surface area contributed by atoms with Crippen LogP contribution in [0, 0.1) is 0 Å². The van der Waals surface area contributed by atoms with Crippen LogP contribution in [0.4, 0.5) is 0 Å². The minimum atomic E-state index is -0.0743. The molecule has 1 heterocycles. The van der Waals surface area contributed by atoms with Crippen molar-refractivity contribution in [2.45, 2.75) is 75.2 Å². The molecular formula is C18H28N2O2S. The van der Waals surface area contributed by atoms with Crippen molar-refractivity contribution in [1.82, 2.24) is 10.6 Å². The van der Waals surface area contributed by atoms with Crippen molar-refractivity contribution in [1.29, 1.82) is 0 Å². The van der Waals surface area contributed by atoms with Gasteiger partial charge in [-0.2, -0.15) is 11.8 Å². The van der Waals surface area contributed by atoms with Gasteiger partial charge in [-0.1, -0.05) is 25.7 Å². The monoisotopic (exact) mass is 336 g/mol. The van der Waals surface area contributed by atoms with Gasteiger partial charge in [-0.3, -0.25) is 4.79 Å². The van der Waals surface area contributed by atoms with Gasteiger partial charge in [0.05, 0.1) is 5.75 Å². The summed E-state index contributed by atoms with van der Waals surface area (Å²) >= 11 is 1.70. The van der Waals surface area contributed by atoms with Gasteiger partial charge >= 0.3 is 0 Å². The molecule has 0 aromatic carbocycles. The summed E-state index contributed by atoms with van der Waals surface area (Å²) in [6.45, 7) is 0. The van der Waals surface area contributed by atoms with E-state index >= 15 is 0 Å². The van der Waals surface area contributed by atoms with Gasteiger partial charge in [0, 0.05) is 18.1 Å². The second-order valence-corrected chi connectivity index (χ2v) is 7.68. The zero-order chi connectivity index (χ0) is 16.1. The number of hydrogen-bond donors (Lipinski definition) is 2. The standard InChI is InChI=1S/C18H28N2O2S/c1-23-12-14-8-11-17(22-14)18(21)20-16-10-9-15(16)19-13-6-4-2-3-5-7-13/h8,11,13,15-16,19H,2-7,9-10,12H2,1H3,(H,20,21)/t15-,16+/m0/s1. The number of thioether (sulfide) groups is 1. The molecule has 2 N–H and O–H groups in total. The molecule has 1 aromatic heterocycles. The van der Waals surface area contributed by atoms with E-state index in [-0.39, 0.29) is 11.9 Å². The number of carbonyl (C=O) groups excluding carboxylic acids is 1. The Bertz CT molecular complexity index is 509. The molecule has 0 radical (unpaired) electrons. The van der Waals surface area contributed by atoms with E-state index in [4.69, 9.17) is 4.42 Å². The molecule has 4 nitrogen and oxygen atoms in total. The highest BCUT2D eigenvalue weighted by Crippen LogP contribution is 2.25. The fraction of sp³-hybridized carbons (Fsp3) is 0.722. The Morgan fingerprint density at radius 1 is 1.13 bits per heavy atom. The van der Waals surface area contributed by atoms with Crippen molar-refractivity contribution >= 4 is 17.7 Å². The number of carbonyl (C=O) groups is 1. The second kappa shape index (κ2) is 8.25. The molecule has 0 unspecified atom stereocenters. The predicted octanol–water partition coefficient (Wildman–Crippen LogP) is 3.72. The molecular weight excluding hydrogens is 308 g/mol. The topological polar surface area (TPSA) is 54.3 Å². The van der Waals surface area contributed by atoms with Crippen LogP contribution in [0.3, 0.4) is 0 Å². The van der Waals surface area contributed by atoms with E-state index in [1.807, 2.05) is 12.3 Å². The van der Waals surface area contributed by atoms with Crippen LogP contribution in [-0.4, -0.2) is 30.3 Å². The highest BCUT2D eigenvalue weighted by atomic mass is 32.2. The highest BCUT2D eigenvalue weighted by molar-refractivity contribution is 7.97. The Balaban J connectivity index is 1.48. The van der Waals surface area contributed by atoms with Gasteiger partial charge in [-0.25, -0.2) is 0 Å². The Hall–Kier alpha value is -0.940. The Labute approximate surface area is 143 Å². The van der Waals surface area contributed by atoms with Crippen molar-refractivity contribution in [2.24, 2.45) is 0 Å². The van der Waals surface area contributed by atoms with E-state index in [1.54, 1.807) is 17.8 Å². The first-order chi connectivity index (χ1) is 11.3. The van der Waals surface area contributed by atoms with Crippen LogP contribution in [0.15, 0.2) is 16.5 Å². The Kier molecular flexibility index (Phi) is 6.06. The second-order valence-electron chi connectivity index (χ2n) is 6.82. The number of amides is 1. The number of nitrogens with one attached hydrogen (secondary N) is 2. The van der Waals surface area contributed by atoms with Crippen LogP contribution in [0.2, 0.25) is 0 Å². The molecule has 0 spiro atoms. The number of furan rings is 1. The largest absolute Gasteiger partial charge is 0.455 e. The van der Waals surface area contributed by atoms with Gasteiger partial charge in [0.15, 0.2) is 5.76 Å². The smallest absolute Gasteiger partial charge is 0.287 e. The van der Waals surface area contributed by atoms with E-state index in [0.717, 1.165) is 24.4 Å². The third-order valence-corrected chi connectivity index (χ3v) is 5.64. The third-order valence-electron chi connectivity index (χ3n) is 5.07. The summed E-state index contributed by atoms with van der Waals surface area (Å²) in [7, 11) is 0. The molecule has 23 heavy (non-hydrogen) atoms. The summed E-state index contributed by atoms with van der Waals surface area (Å²) in [6.07, 6.45) is 12.3. The highest BCUT2D eigenvalue weighted by Gasteiger charge is 2.34. The molecule has 128 valence electrons. The van der Waals surface area contributed by atoms with E-state index in [2.05, 4.69) is 10.6 Å². The average Bonchev–Trinajstić information content (AvgIpc) is 2.85. The summed E-state index contributed by atoms with van der Waals surface area (Å²) in [6, 6.07) is 5.00. The molecule has 0 saturated heterocycles. The molecule has 0 bridgehead atoms. The first-order valence-electron chi connectivity index (χ1n) is 8.91. The summed E-state index contributed by atoms with van der Waals surface area (Å²) < 4.78 is 5.60. The molecule has 5 heteroatoms. The quantitative estimate of drug-likeness (QED) is 0.778. The predicted molar refractivity (Wildman–Crippen MR) is 94.8 cm³/mol. The van der Waals surface area contributed by atoms with Gasteiger partial charge in [0.25, 0.3) is 5.91 Å². The van der Waals surface area contributed by atoms with Crippen molar-refractivity contribution < 1.29 is 9.21 Å². The maximum atomic E-state index is 12.3. The Morgan fingerprint density at radius 3 is 2.52 bits per heavy atom. The minimum absolute atomic E-state index is 0.0743. The molecule has 1 amide bonds. The lowest BCUT2D eigenvalue weighted by atomic mass is 9.85. The number of hydrogen-bond acceptors (Lipinski definition) is 4. The van der Waals surface area contributed by atoms with E-state index < -0.39 is 0 Å². The lowest BCUT2D eigenvalue weighted by Crippen LogP contribution is -2.58. The van der Waals surface area contributed by atoms with Gasteiger partial charge in [0.1, 0.15) is 5.76 Å². The molecule has 2 aliphatic rings. The third kappa shape index (κ3) is 4.54. The van der Waals surface area contributed by atoms with Gasteiger partial charge in [-0.15, -0.1) is 0 Å². The summed E-state index contributed by atoms with van der Waals surface area (Å²) in [5.74, 6) is 2.04. The van der Waals surface area contributed by atoms with Crippen LogP contribution in [0.1, 0.15) is 67.7 Å². The molecule has 2 atom stereocenters. The minimum Gasteiger partial charge on any atom is -0.455 e. The van der Waals surface area contributed by atoms with E-state index in [1.165, 1.54) is 38.5 Å². The lowest BCUT2D eigenvalue weighted by Gasteiger charge is -2.40. The maximum absolute atomic E-state index is 12.3. The normalized spacial score (nSPS) is 25.6. The summed E-state index contributed by atoms with van der Waals surface area (Å²) in [5, 5.41) is 6.92. The molecule has 2 aliphatic carbocycles. The first kappa shape index (κ1) is 16.9. The van der Waals surface area contributed by atoms with Crippen LogP contribution < -0.4 is 10.6 Å². The number of rotatable bonds is 6. The van der Waals surface area contributed by atoms with Gasteiger partial charge in [-0.05, 0) is 44.1 Å². The van der Waals surface area contributed by atoms with Crippen molar-refractivity contribution in [3.63, 3.8) is 0 Å². The lowest BCUT2D eigenvalue weighted by molar-refractivity contribution is 0.0858. The van der Waals surface area contributed by atoms with Gasteiger partial charge < -0.3 is 15.1 Å².